The van der Waals surface area contributed by atoms with Crippen LogP contribution >= 0.6 is 0 Å². The number of carbonyl (C=O) groups is 1. The monoisotopic (exact) mass is 547 g/mol. The Hall–Kier alpha value is -4.50. The second-order valence-corrected chi connectivity index (χ2v) is 8.87. The summed E-state index contributed by atoms with van der Waals surface area (Å²) in [5.41, 5.74) is 1.94. The lowest BCUT2D eigenvalue weighted by Gasteiger charge is -2.21. The van der Waals surface area contributed by atoms with E-state index in [-0.39, 0.29) is 5.69 Å². The zero-order valence-electron chi connectivity index (χ0n) is 20.9. The fourth-order valence-corrected chi connectivity index (χ4v) is 4.38. The lowest BCUT2D eigenvalue weighted by molar-refractivity contribution is 0.0546. The molecule has 0 bridgehead atoms. The van der Waals surface area contributed by atoms with Crippen molar-refractivity contribution in [3.63, 3.8) is 0 Å². The number of hydrogen-bond acceptors (Lipinski definition) is 8. The van der Waals surface area contributed by atoms with Gasteiger partial charge in [-0.2, -0.15) is 0 Å². The maximum absolute atomic E-state index is 12.6. The van der Waals surface area contributed by atoms with Crippen LogP contribution in [0.3, 0.4) is 0 Å². The van der Waals surface area contributed by atoms with Gasteiger partial charge in [-0.25, -0.2) is 22.5 Å². The van der Waals surface area contributed by atoms with Crippen LogP contribution in [0.15, 0.2) is 73.1 Å². The molecule has 2 aromatic carbocycles. The van der Waals surface area contributed by atoms with Crippen molar-refractivity contribution in [2.75, 3.05) is 37.8 Å². The molecule has 0 fully saturated rings. The highest BCUT2D eigenvalue weighted by Gasteiger charge is 2.19. The summed E-state index contributed by atoms with van der Waals surface area (Å²) >= 11 is 0. The molecule has 11 heteroatoms. The number of aromatic carboxylic acids is 1. The molecule has 0 radical (unpaired) electrons. The number of anilines is 2. The molecule has 0 atom stereocenters. The summed E-state index contributed by atoms with van der Waals surface area (Å²) in [5, 5.41) is 9.67. The molecule has 0 saturated carbocycles. The van der Waals surface area contributed by atoms with Gasteiger partial charge in [0.05, 0.1) is 36.7 Å². The molecule has 0 unspecified atom stereocenters. The molecule has 200 valence electrons. The van der Waals surface area contributed by atoms with E-state index in [1.165, 1.54) is 18.3 Å². The standard InChI is InChI=1S/C28H25N3O7S/c1-36-15-16-37-17-18-38-26-13-14-29-27-22(26)6-4-8-25(27)31(39(34)35)24-7-3-2-5-21(24)11-9-20-10-12-23(28(32)33)30-19-20/h2-8,10,12-14,19,39H,15-18H2,1H3,(H,32,33). The predicted molar refractivity (Wildman–Crippen MR) is 146 cm³/mol. The Kier molecular flexibility index (Phi) is 9.42. The van der Waals surface area contributed by atoms with E-state index in [1.807, 2.05) is 6.07 Å². The van der Waals surface area contributed by atoms with Crippen molar-refractivity contribution in [3.8, 4) is 17.6 Å². The Morgan fingerprint density at radius 1 is 0.923 bits per heavy atom. The van der Waals surface area contributed by atoms with E-state index in [0.717, 1.165) is 4.31 Å². The highest BCUT2D eigenvalue weighted by molar-refractivity contribution is 7.74. The quantitative estimate of drug-likeness (QED) is 0.165. The van der Waals surface area contributed by atoms with Crippen molar-refractivity contribution in [2.45, 2.75) is 0 Å². The Balaban J connectivity index is 1.67. The number of carboxylic acid groups (broad SMARTS) is 1. The highest BCUT2D eigenvalue weighted by Crippen LogP contribution is 2.36. The van der Waals surface area contributed by atoms with Crippen LogP contribution in [0.4, 0.5) is 11.4 Å². The van der Waals surface area contributed by atoms with Gasteiger partial charge in [-0.15, -0.1) is 0 Å². The van der Waals surface area contributed by atoms with Crippen LogP contribution in [0.1, 0.15) is 21.6 Å². The van der Waals surface area contributed by atoms with Crippen molar-refractivity contribution in [1.29, 1.82) is 0 Å². The fourth-order valence-electron chi connectivity index (χ4n) is 3.69. The lowest BCUT2D eigenvalue weighted by Crippen LogP contribution is -2.16. The minimum atomic E-state index is -3.14. The number of pyridine rings is 2. The third-order valence-corrected chi connectivity index (χ3v) is 6.23. The normalized spacial score (nSPS) is 10.7. The zero-order valence-corrected chi connectivity index (χ0v) is 21.8. The first-order valence-corrected chi connectivity index (χ1v) is 12.9. The van der Waals surface area contributed by atoms with E-state index in [1.54, 1.807) is 55.8 Å². The van der Waals surface area contributed by atoms with Crippen molar-refractivity contribution in [2.24, 2.45) is 0 Å². The molecule has 0 saturated heterocycles. The summed E-state index contributed by atoms with van der Waals surface area (Å²) in [7, 11) is -1.54. The van der Waals surface area contributed by atoms with Crippen molar-refractivity contribution >= 4 is 39.1 Å². The largest absolute Gasteiger partial charge is 0.490 e. The van der Waals surface area contributed by atoms with Gasteiger partial charge in [-0.05, 0) is 42.5 Å². The molecule has 0 spiro atoms. The summed E-state index contributed by atoms with van der Waals surface area (Å²) in [5.74, 6) is 5.30. The maximum atomic E-state index is 12.6. The Morgan fingerprint density at radius 3 is 2.46 bits per heavy atom. The number of fused-ring (bicyclic) bond motifs is 1. The average Bonchev–Trinajstić information content (AvgIpc) is 2.95. The number of rotatable bonds is 11. The molecule has 1 N–H and O–H groups in total. The third kappa shape index (κ3) is 6.88. The van der Waals surface area contributed by atoms with E-state index in [0.29, 0.717) is 65.6 Å². The molecule has 2 heterocycles. The Morgan fingerprint density at radius 2 is 1.72 bits per heavy atom. The smallest absolute Gasteiger partial charge is 0.354 e. The van der Waals surface area contributed by atoms with E-state index in [4.69, 9.17) is 19.3 Å². The van der Waals surface area contributed by atoms with Crippen LogP contribution in [0.25, 0.3) is 10.9 Å². The van der Waals surface area contributed by atoms with E-state index in [2.05, 4.69) is 21.8 Å². The van der Waals surface area contributed by atoms with Gasteiger partial charge in [0.2, 0.25) is 10.9 Å². The number of methoxy groups -OCH3 is 1. The Labute approximate surface area is 226 Å². The third-order valence-electron chi connectivity index (χ3n) is 5.47. The van der Waals surface area contributed by atoms with E-state index >= 15 is 0 Å². The van der Waals surface area contributed by atoms with Crippen molar-refractivity contribution in [1.82, 2.24) is 9.97 Å². The molecule has 4 aromatic rings. The van der Waals surface area contributed by atoms with Gasteiger partial charge in [-0.1, -0.05) is 30.0 Å². The van der Waals surface area contributed by atoms with Gasteiger partial charge in [0.1, 0.15) is 18.1 Å². The van der Waals surface area contributed by atoms with Crippen LogP contribution in [0, 0.1) is 11.8 Å². The van der Waals surface area contributed by atoms with Crippen molar-refractivity contribution in [3.05, 3.63) is 89.9 Å². The first-order valence-electron chi connectivity index (χ1n) is 11.8. The molecule has 4 rings (SSSR count). The average molecular weight is 548 g/mol. The van der Waals surface area contributed by atoms with Gasteiger partial charge in [0.25, 0.3) is 0 Å². The first kappa shape index (κ1) is 27.5. The number of benzene rings is 2. The number of ether oxygens (including phenoxy) is 3. The van der Waals surface area contributed by atoms with Crippen LogP contribution < -0.4 is 9.04 Å². The second-order valence-electron chi connectivity index (χ2n) is 7.99. The molecule has 0 aliphatic heterocycles. The molecule has 0 aliphatic carbocycles. The summed E-state index contributed by atoms with van der Waals surface area (Å²) in [6.07, 6.45) is 2.91. The molecule has 0 amide bonds. The van der Waals surface area contributed by atoms with Crippen molar-refractivity contribution < 1.29 is 32.5 Å². The number of hydrogen-bond donors (Lipinski definition) is 2. The van der Waals surface area contributed by atoms with Gasteiger partial charge in [0.15, 0.2) is 0 Å². The van der Waals surface area contributed by atoms with Crippen LogP contribution in [-0.4, -0.2) is 63.0 Å². The molecule has 0 aliphatic rings. The molecular weight excluding hydrogens is 522 g/mol. The van der Waals surface area contributed by atoms with E-state index in [9.17, 15) is 13.2 Å². The molecule has 2 aromatic heterocycles. The van der Waals surface area contributed by atoms with E-state index < -0.39 is 16.9 Å². The zero-order chi connectivity index (χ0) is 27.6. The number of nitrogens with zero attached hydrogens (tertiary/aromatic N) is 3. The number of aromatic nitrogens is 2. The van der Waals surface area contributed by atoms with Crippen LogP contribution in [-0.2, 0) is 20.4 Å². The topological polar surface area (TPSA) is 128 Å². The lowest BCUT2D eigenvalue weighted by atomic mass is 10.1. The summed E-state index contributed by atoms with van der Waals surface area (Å²) in [6.45, 7) is 1.61. The van der Waals surface area contributed by atoms with Gasteiger partial charge in [-0.3, -0.25) is 4.98 Å². The predicted octanol–water partition coefficient (Wildman–Crippen LogP) is 3.43. The molecule has 39 heavy (non-hydrogen) atoms. The highest BCUT2D eigenvalue weighted by atomic mass is 32.2. The van der Waals surface area contributed by atoms with Crippen LogP contribution in [0.5, 0.6) is 5.75 Å². The minimum absolute atomic E-state index is 0.0964. The van der Waals surface area contributed by atoms with Crippen LogP contribution in [0.2, 0.25) is 0 Å². The number of para-hydroxylation sites is 2. The maximum Gasteiger partial charge on any atom is 0.354 e. The number of thiol groups is 1. The Bertz CT molecular complexity index is 1590. The summed E-state index contributed by atoms with van der Waals surface area (Å²) < 4.78 is 42.7. The van der Waals surface area contributed by atoms with Gasteiger partial charge < -0.3 is 19.3 Å². The summed E-state index contributed by atoms with van der Waals surface area (Å²) in [4.78, 5) is 19.4. The second kappa shape index (κ2) is 13.3. The minimum Gasteiger partial charge on any atom is -0.490 e. The van der Waals surface area contributed by atoms with Gasteiger partial charge in [0, 0.05) is 36.0 Å². The van der Waals surface area contributed by atoms with Gasteiger partial charge >= 0.3 is 5.97 Å². The first-order chi connectivity index (χ1) is 19.0. The summed E-state index contributed by atoms with van der Waals surface area (Å²) in [6, 6.07) is 16.6. The number of carboxylic acids is 1. The molecule has 10 nitrogen and oxygen atoms in total. The molecular formula is C28H25N3O7S. The SMILES string of the molecule is COCCOCCOc1ccnc2c(N(c3ccccc3C#Cc3ccc(C(=O)O)nc3)[SH](=O)=O)cccc12. The fraction of sp³-hybridized carbons (Fsp3) is 0.179.